The molecule has 2 atom stereocenters. The van der Waals surface area contributed by atoms with Crippen LogP contribution in [0.2, 0.25) is 0 Å². The van der Waals surface area contributed by atoms with E-state index in [4.69, 9.17) is 4.42 Å². The van der Waals surface area contributed by atoms with Gasteiger partial charge in [-0.2, -0.15) is 0 Å². The molecule has 0 spiro atoms. The molecular formula is C13H21NO. The van der Waals surface area contributed by atoms with E-state index < -0.39 is 0 Å². The van der Waals surface area contributed by atoms with Crippen molar-refractivity contribution >= 4 is 0 Å². The highest BCUT2D eigenvalue weighted by atomic mass is 16.3. The molecule has 2 nitrogen and oxygen atoms in total. The fourth-order valence-electron chi connectivity index (χ4n) is 2.12. The van der Waals surface area contributed by atoms with Crippen LogP contribution in [-0.2, 0) is 0 Å². The van der Waals surface area contributed by atoms with Crippen molar-refractivity contribution in [1.29, 1.82) is 0 Å². The third-order valence-corrected chi connectivity index (χ3v) is 3.47. The van der Waals surface area contributed by atoms with Crippen molar-refractivity contribution in [2.75, 3.05) is 6.54 Å². The van der Waals surface area contributed by atoms with Crippen molar-refractivity contribution in [2.24, 2.45) is 11.8 Å². The maximum Gasteiger partial charge on any atom is 0.123 e. The summed E-state index contributed by atoms with van der Waals surface area (Å²) in [7, 11) is 0. The second-order valence-corrected chi connectivity index (χ2v) is 4.91. The molecule has 1 aromatic heterocycles. The van der Waals surface area contributed by atoms with Gasteiger partial charge in [0, 0.05) is 0 Å². The minimum absolute atomic E-state index is 0.334. The lowest BCUT2D eigenvalue weighted by Gasteiger charge is -2.16. The Balaban J connectivity index is 1.81. The molecule has 84 valence electrons. The number of aryl methyl sites for hydroxylation is 1. The number of nitrogens with one attached hydrogen (secondary N) is 1. The molecule has 1 aliphatic rings. The van der Waals surface area contributed by atoms with E-state index in [0.717, 1.165) is 24.1 Å². The highest BCUT2D eigenvalue weighted by molar-refractivity contribution is 5.17. The van der Waals surface area contributed by atoms with Gasteiger partial charge < -0.3 is 9.73 Å². The average Bonchev–Trinajstić information content (AvgIpc) is 2.98. The number of hydrogen-bond acceptors (Lipinski definition) is 2. The average molecular weight is 207 g/mol. The van der Waals surface area contributed by atoms with Gasteiger partial charge >= 0.3 is 0 Å². The summed E-state index contributed by atoms with van der Waals surface area (Å²) in [5.74, 6) is 2.86. The van der Waals surface area contributed by atoms with Gasteiger partial charge in [0.25, 0.3) is 0 Å². The van der Waals surface area contributed by atoms with Gasteiger partial charge in [-0.25, -0.2) is 0 Å². The Kier molecular flexibility index (Phi) is 3.15. The quantitative estimate of drug-likeness (QED) is 0.801. The van der Waals surface area contributed by atoms with Crippen LogP contribution in [0.4, 0.5) is 0 Å². The summed E-state index contributed by atoms with van der Waals surface area (Å²) in [5, 5.41) is 3.55. The van der Waals surface area contributed by atoms with E-state index in [1.54, 1.807) is 6.26 Å². The first-order valence-corrected chi connectivity index (χ1v) is 5.96. The highest BCUT2D eigenvalue weighted by Crippen LogP contribution is 2.36. The monoisotopic (exact) mass is 207 g/mol. The molecule has 0 radical (unpaired) electrons. The summed E-state index contributed by atoms with van der Waals surface area (Å²) >= 11 is 0. The molecule has 0 aliphatic heterocycles. The third-order valence-electron chi connectivity index (χ3n) is 3.47. The molecule has 2 heteroatoms. The summed E-state index contributed by atoms with van der Waals surface area (Å²) in [6.07, 6.45) is 4.63. The first kappa shape index (κ1) is 10.7. The third kappa shape index (κ3) is 2.63. The molecule has 1 heterocycles. The molecule has 0 bridgehead atoms. The largest absolute Gasteiger partial charge is 0.467 e. The minimum atomic E-state index is 0.334. The van der Waals surface area contributed by atoms with E-state index in [0.29, 0.717) is 6.04 Å². The molecular weight excluding hydrogens is 186 g/mol. The Labute approximate surface area is 92.1 Å². The van der Waals surface area contributed by atoms with Crippen LogP contribution in [0.15, 0.2) is 16.7 Å². The molecule has 0 aromatic carbocycles. The summed E-state index contributed by atoms with van der Waals surface area (Å²) in [6, 6.07) is 2.36. The zero-order chi connectivity index (χ0) is 10.8. The zero-order valence-corrected chi connectivity index (χ0v) is 9.92. The van der Waals surface area contributed by atoms with Crippen LogP contribution in [-0.4, -0.2) is 6.54 Å². The second kappa shape index (κ2) is 4.40. The summed E-state index contributed by atoms with van der Waals surface area (Å²) in [5.41, 5.74) is 1.24. The van der Waals surface area contributed by atoms with Crippen molar-refractivity contribution < 1.29 is 4.42 Å². The molecule has 15 heavy (non-hydrogen) atoms. The molecule has 2 unspecified atom stereocenters. The predicted molar refractivity (Wildman–Crippen MR) is 61.8 cm³/mol. The van der Waals surface area contributed by atoms with Crippen LogP contribution < -0.4 is 5.32 Å². The van der Waals surface area contributed by atoms with Crippen molar-refractivity contribution in [1.82, 2.24) is 5.32 Å². The predicted octanol–water partition coefficient (Wildman–Crippen LogP) is 3.28. The summed E-state index contributed by atoms with van der Waals surface area (Å²) in [4.78, 5) is 0. The Morgan fingerprint density at radius 2 is 2.20 bits per heavy atom. The second-order valence-electron chi connectivity index (χ2n) is 4.91. The molecule has 2 rings (SSSR count). The molecule has 0 saturated heterocycles. The van der Waals surface area contributed by atoms with Gasteiger partial charge in [-0.1, -0.05) is 6.92 Å². The summed E-state index contributed by atoms with van der Waals surface area (Å²) in [6.45, 7) is 7.71. The Hall–Kier alpha value is -0.760. The maximum atomic E-state index is 5.47. The smallest absolute Gasteiger partial charge is 0.123 e. The Morgan fingerprint density at radius 3 is 2.73 bits per heavy atom. The lowest BCUT2D eigenvalue weighted by atomic mass is 10.1. The van der Waals surface area contributed by atoms with Gasteiger partial charge in [0.15, 0.2) is 0 Å². The SMILES string of the molecule is Cc1ccoc1C(C)NCC(C)C1CC1. The molecule has 1 N–H and O–H groups in total. The minimum Gasteiger partial charge on any atom is -0.467 e. The lowest BCUT2D eigenvalue weighted by molar-refractivity contribution is 0.385. The first-order chi connectivity index (χ1) is 7.18. The van der Waals surface area contributed by atoms with Crippen molar-refractivity contribution in [3.63, 3.8) is 0 Å². The number of rotatable bonds is 5. The van der Waals surface area contributed by atoms with E-state index in [9.17, 15) is 0 Å². The number of furan rings is 1. The van der Waals surface area contributed by atoms with E-state index in [1.165, 1.54) is 18.4 Å². The maximum absolute atomic E-state index is 5.47. The van der Waals surface area contributed by atoms with Crippen LogP contribution in [0.3, 0.4) is 0 Å². The molecule has 1 saturated carbocycles. The normalized spacial score (nSPS) is 20.2. The molecule has 1 aliphatic carbocycles. The van der Waals surface area contributed by atoms with Gasteiger partial charge in [-0.15, -0.1) is 0 Å². The number of hydrogen-bond donors (Lipinski definition) is 1. The fraction of sp³-hybridized carbons (Fsp3) is 0.692. The van der Waals surface area contributed by atoms with Crippen molar-refractivity contribution in [3.8, 4) is 0 Å². The van der Waals surface area contributed by atoms with Crippen molar-refractivity contribution in [3.05, 3.63) is 23.7 Å². The van der Waals surface area contributed by atoms with E-state index in [2.05, 4.69) is 26.1 Å². The van der Waals surface area contributed by atoms with Crippen LogP contribution in [0.1, 0.15) is 44.1 Å². The first-order valence-electron chi connectivity index (χ1n) is 5.96. The Morgan fingerprint density at radius 1 is 1.47 bits per heavy atom. The molecule has 1 fully saturated rings. The zero-order valence-electron chi connectivity index (χ0n) is 9.92. The highest BCUT2D eigenvalue weighted by Gasteiger charge is 2.27. The van der Waals surface area contributed by atoms with E-state index in [1.807, 2.05) is 6.07 Å². The summed E-state index contributed by atoms with van der Waals surface area (Å²) < 4.78 is 5.47. The van der Waals surface area contributed by atoms with Crippen LogP contribution >= 0.6 is 0 Å². The van der Waals surface area contributed by atoms with Crippen LogP contribution in [0.25, 0.3) is 0 Å². The van der Waals surface area contributed by atoms with Crippen molar-refractivity contribution in [2.45, 2.75) is 39.7 Å². The van der Waals surface area contributed by atoms with Crippen LogP contribution in [0, 0.1) is 18.8 Å². The van der Waals surface area contributed by atoms with Gasteiger partial charge in [-0.3, -0.25) is 0 Å². The standard InChI is InChI=1S/C13H21NO/c1-9-6-7-15-13(9)11(3)14-8-10(2)12-4-5-12/h6-7,10-12,14H,4-5,8H2,1-3H3. The lowest BCUT2D eigenvalue weighted by Crippen LogP contribution is -2.25. The molecule has 1 aromatic rings. The van der Waals surface area contributed by atoms with Gasteiger partial charge in [-0.05, 0) is 56.7 Å². The van der Waals surface area contributed by atoms with E-state index in [-0.39, 0.29) is 0 Å². The Bertz CT molecular complexity index is 314. The van der Waals surface area contributed by atoms with Gasteiger partial charge in [0.2, 0.25) is 0 Å². The van der Waals surface area contributed by atoms with E-state index >= 15 is 0 Å². The topological polar surface area (TPSA) is 25.2 Å². The van der Waals surface area contributed by atoms with Gasteiger partial charge in [0.05, 0.1) is 12.3 Å². The fourth-order valence-corrected chi connectivity index (χ4v) is 2.12. The van der Waals surface area contributed by atoms with Crippen LogP contribution in [0.5, 0.6) is 0 Å². The molecule has 0 amide bonds. The van der Waals surface area contributed by atoms with Gasteiger partial charge in [0.1, 0.15) is 5.76 Å².